The zero-order valence-corrected chi connectivity index (χ0v) is 18.6. The van der Waals surface area contributed by atoms with Gasteiger partial charge in [0.15, 0.2) is 0 Å². The van der Waals surface area contributed by atoms with E-state index >= 15 is 0 Å². The van der Waals surface area contributed by atoms with Crippen molar-refractivity contribution in [2.75, 3.05) is 30.4 Å². The number of carbonyl (C=O) groups is 1. The SMILES string of the molecule is Cc1cc(N(C)C)nc(N2CCc3cc(C(=O)NCc4ccccc4C)ccc3C2)n1. The minimum absolute atomic E-state index is 0.0360. The van der Waals surface area contributed by atoms with Crippen LogP contribution >= 0.6 is 0 Å². The first-order valence-corrected chi connectivity index (χ1v) is 10.6. The van der Waals surface area contributed by atoms with Gasteiger partial charge < -0.3 is 15.1 Å². The van der Waals surface area contributed by atoms with Gasteiger partial charge in [-0.3, -0.25) is 4.79 Å². The molecule has 1 aromatic heterocycles. The number of hydrogen-bond acceptors (Lipinski definition) is 5. The third-order valence-electron chi connectivity index (χ3n) is 5.75. The molecule has 0 unspecified atom stereocenters. The lowest BCUT2D eigenvalue weighted by molar-refractivity contribution is 0.0950. The summed E-state index contributed by atoms with van der Waals surface area (Å²) in [6, 6.07) is 16.1. The van der Waals surface area contributed by atoms with Crippen molar-refractivity contribution in [3.63, 3.8) is 0 Å². The van der Waals surface area contributed by atoms with Gasteiger partial charge in [0.05, 0.1) is 0 Å². The van der Waals surface area contributed by atoms with Crippen molar-refractivity contribution >= 4 is 17.7 Å². The van der Waals surface area contributed by atoms with Gasteiger partial charge in [-0.25, -0.2) is 4.98 Å². The summed E-state index contributed by atoms with van der Waals surface area (Å²) >= 11 is 0. The second-order valence-corrected chi connectivity index (χ2v) is 8.33. The average molecular weight is 416 g/mol. The molecular weight excluding hydrogens is 386 g/mol. The number of anilines is 2. The first kappa shape index (κ1) is 20.8. The van der Waals surface area contributed by atoms with Crippen molar-refractivity contribution in [2.24, 2.45) is 0 Å². The van der Waals surface area contributed by atoms with Gasteiger partial charge in [-0.05, 0) is 54.7 Å². The minimum Gasteiger partial charge on any atom is -0.363 e. The van der Waals surface area contributed by atoms with Gasteiger partial charge in [0.2, 0.25) is 5.95 Å². The number of aryl methyl sites for hydroxylation is 2. The Hall–Kier alpha value is -3.41. The van der Waals surface area contributed by atoms with Gasteiger partial charge in [0, 0.05) is 51.1 Å². The van der Waals surface area contributed by atoms with Crippen molar-refractivity contribution in [2.45, 2.75) is 33.4 Å². The molecule has 6 heteroatoms. The van der Waals surface area contributed by atoms with Crippen LogP contribution in [0.1, 0.15) is 38.3 Å². The Labute approximate surface area is 183 Å². The third-order valence-corrected chi connectivity index (χ3v) is 5.75. The fraction of sp³-hybridized carbons (Fsp3) is 0.320. The highest BCUT2D eigenvalue weighted by molar-refractivity contribution is 5.94. The lowest BCUT2D eigenvalue weighted by Crippen LogP contribution is -2.32. The van der Waals surface area contributed by atoms with Crippen LogP contribution < -0.4 is 15.1 Å². The van der Waals surface area contributed by atoms with E-state index in [1.807, 2.05) is 62.3 Å². The molecule has 1 N–H and O–H groups in total. The molecule has 0 saturated heterocycles. The topological polar surface area (TPSA) is 61.4 Å². The van der Waals surface area contributed by atoms with E-state index in [2.05, 4.69) is 34.3 Å². The molecule has 6 nitrogen and oxygen atoms in total. The lowest BCUT2D eigenvalue weighted by Gasteiger charge is -2.30. The van der Waals surface area contributed by atoms with E-state index in [-0.39, 0.29) is 5.91 Å². The van der Waals surface area contributed by atoms with Crippen molar-refractivity contribution in [3.8, 4) is 0 Å². The largest absolute Gasteiger partial charge is 0.363 e. The van der Waals surface area contributed by atoms with Crippen LogP contribution in [0.15, 0.2) is 48.5 Å². The number of carbonyl (C=O) groups excluding carboxylic acids is 1. The monoisotopic (exact) mass is 415 g/mol. The number of benzene rings is 2. The van der Waals surface area contributed by atoms with Crippen LogP contribution in [0.5, 0.6) is 0 Å². The second-order valence-electron chi connectivity index (χ2n) is 8.33. The number of amides is 1. The number of fused-ring (bicyclic) bond motifs is 1. The molecule has 1 aliphatic rings. The van der Waals surface area contributed by atoms with Gasteiger partial charge >= 0.3 is 0 Å². The number of nitrogens with one attached hydrogen (secondary N) is 1. The third kappa shape index (κ3) is 4.68. The molecule has 0 fully saturated rings. The van der Waals surface area contributed by atoms with E-state index in [1.165, 1.54) is 16.7 Å². The Morgan fingerprint density at radius 2 is 1.87 bits per heavy atom. The van der Waals surface area contributed by atoms with Crippen LogP contribution in [-0.2, 0) is 19.5 Å². The zero-order chi connectivity index (χ0) is 22.0. The quantitative estimate of drug-likeness (QED) is 0.689. The highest BCUT2D eigenvalue weighted by atomic mass is 16.1. The van der Waals surface area contributed by atoms with Gasteiger partial charge in [-0.2, -0.15) is 4.98 Å². The molecule has 1 amide bonds. The summed E-state index contributed by atoms with van der Waals surface area (Å²) < 4.78 is 0. The fourth-order valence-corrected chi connectivity index (χ4v) is 3.86. The summed E-state index contributed by atoms with van der Waals surface area (Å²) in [5, 5.41) is 3.05. The summed E-state index contributed by atoms with van der Waals surface area (Å²) in [7, 11) is 3.98. The van der Waals surface area contributed by atoms with E-state index in [1.54, 1.807) is 0 Å². The van der Waals surface area contributed by atoms with Crippen LogP contribution in [-0.4, -0.2) is 36.5 Å². The average Bonchev–Trinajstić information content (AvgIpc) is 2.77. The molecule has 0 radical (unpaired) electrons. The van der Waals surface area contributed by atoms with E-state index in [9.17, 15) is 4.79 Å². The normalized spacial score (nSPS) is 13.0. The summed E-state index contributed by atoms with van der Waals surface area (Å²) in [6.45, 7) is 6.17. The van der Waals surface area contributed by atoms with E-state index in [4.69, 9.17) is 4.98 Å². The zero-order valence-electron chi connectivity index (χ0n) is 18.6. The van der Waals surface area contributed by atoms with Gasteiger partial charge in [0.25, 0.3) is 5.91 Å². The van der Waals surface area contributed by atoms with E-state index in [0.29, 0.717) is 12.1 Å². The van der Waals surface area contributed by atoms with Crippen LogP contribution in [0.25, 0.3) is 0 Å². The predicted octanol–water partition coefficient (Wildman–Crippen LogP) is 3.65. The summed E-state index contributed by atoms with van der Waals surface area (Å²) in [6.07, 6.45) is 0.864. The van der Waals surface area contributed by atoms with Gasteiger partial charge in [-0.1, -0.05) is 30.3 Å². The molecule has 0 atom stereocenters. The van der Waals surface area contributed by atoms with Crippen LogP contribution in [0.4, 0.5) is 11.8 Å². The predicted molar refractivity (Wildman–Crippen MR) is 125 cm³/mol. The first-order valence-electron chi connectivity index (χ1n) is 10.6. The minimum atomic E-state index is -0.0360. The lowest BCUT2D eigenvalue weighted by atomic mass is 9.97. The maximum Gasteiger partial charge on any atom is 0.251 e. The van der Waals surface area contributed by atoms with Crippen molar-refractivity contribution in [3.05, 3.63) is 82.0 Å². The Morgan fingerprint density at radius 3 is 2.65 bits per heavy atom. The maximum atomic E-state index is 12.7. The number of nitrogens with zero attached hydrogens (tertiary/aromatic N) is 4. The summed E-state index contributed by atoms with van der Waals surface area (Å²) in [5.41, 5.74) is 6.44. The standard InChI is InChI=1S/C25H29N5O/c1-17-7-5-6-8-21(17)15-26-24(31)20-9-10-22-16-30(12-11-19(22)14-20)25-27-18(2)13-23(28-25)29(3)4/h5-10,13-14H,11-12,15-16H2,1-4H3,(H,26,31). The van der Waals surface area contributed by atoms with Crippen LogP contribution in [0, 0.1) is 13.8 Å². The molecular formula is C25H29N5O. The number of hydrogen-bond donors (Lipinski definition) is 1. The van der Waals surface area contributed by atoms with Crippen molar-refractivity contribution in [1.29, 1.82) is 0 Å². The van der Waals surface area contributed by atoms with Gasteiger partial charge in [0.1, 0.15) is 5.82 Å². The molecule has 1 aliphatic heterocycles. The molecule has 2 aromatic carbocycles. The first-order chi connectivity index (χ1) is 14.9. The molecule has 160 valence electrons. The second kappa shape index (κ2) is 8.76. The Kier molecular flexibility index (Phi) is 5.89. The van der Waals surface area contributed by atoms with Crippen molar-refractivity contribution < 1.29 is 4.79 Å². The van der Waals surface area contributed by atoms with E-state index in [0.717, 1.165) is 42.5 Å². The van der Waals surface area contributed by atoms with Gasteiger partial charge in [-0.15, -0.1) is 0 Å². The molecule has 0 spiro atoms. The number of rotatable bonds is 5. The fourth-order valence-electron chi connectivity index (χ4n) is 3.86. The summed E-state index contributed by atoms with van der Waals surface area (Å²) in [5.74, 6) is 1.63. The Morgan fingerprint density at radius 1 is 1.06 bits per heavy atom. The summed E-state index contributed by atoms with van der Waals surface area (Å²) in [4.78, 5) is 26.3. The molecule has 31 heavy (non-hydrogen) atoms. The molecule has 0 saturated carbocycles. The smallest absolute Gasteiger partial charge is 0.251 e. The highest BCUT2D eigenvalue weighted by Gasteiger charge is 2.21. The Balaban J connectivity index is 1.46. The molecule has 0 aliphatic carbocycles. The molecule has 3 aromatic rings. The van der Waals surface area contributed by atoms with E-state index < -0.39 is 0 Å². The Bertz CT molecular complexity index is 1110. The van der Waals surface area contributed by atoms with Crippen LogP contribution in [0.3, 0.4) is 0 Å². The highest BCUT2D eigenvalue weighted by Crippen LogP contribution is 2.25. The molecule has 2 heterocycles. The molecule has 4 rings (SSSR count). The number of aromatic nitrogens is 2. The van der Waals surface area contributed by atoms with Crippen molar-refractivity contribution in [1.82, 2.24) is 15.3 Å². The maximum absolute atomic E-state index is 12.7. The molecule has 0 bridgehead atoms. The van der Waals surface area contributed by atoms with Crippen LogP contribution in [0.2, 0.25) is 0 Å².